The highest BCUT2D eigenvalue weighted by atomic mass is 15.3. The molecule has 0 bridgehead atoms. The molecule has 0 aliphatic heterocycles. The van der Waals surface area contributed by atoms with Gasteiger partial charge in [-0.05, 0) is 49.3 Å². The standard InChI is InChI=1S/C18H25N3/c1-3-19-18(10-14-12-20-21(4-2)13-14)17-11-16(17)15-8-6-5-7-9-15/h5-9,12-13,16-19H,3-4,10-11H2,1-2H3. The summed E-state index contributed by atoms with van der Waals surface area (Å²) in [6.45, 7) is 6.31. The molecule has 21 heavy (non-hydrogen) atoms. The van der Waals surface area contributed by atoms with Crippen molar-refractivity contribution in [3.63, 3.8) is 0 Å². The van der Waals surface area contributed by atoms with Crippen LogP contribution in [0.3, 0.4) is 0 Å². The summed E-state index contributed by atoms with van der Waals surface area (Å²) in [5.74, 6) is 1.49. The lowest BCUT2D eigenvalue weighted by Gasteiger charge is -2.17. The molecule has 3 heteroatoms. The van der Waals surface area contributed by atoms with E-state index in [1.807, 2.05) is 10.9 Å². The van der Waals surface area contributed by atoms with Crippen LogP contribution in [0.2, 0.25) is 0 Å². The van der Waals surface area contributed by atoms with Gasteiger partial charge in [0.2, 0.25) is 0 Å². The van der Waals surface area contributed by atoms with Gasteiger partial charge in [0.1, 0.15) is 0 Å². The summed E-state index contributed by atoms with van der Waals surface area (Å²) >= 11 is 0. The first-order valence-corrected chi connectivity index (χ1v) is 8.11. The maximum atomic E-state index is 4.39. The molecule has 3 nitrogen and oxygen atoms in total. The number of hydrogen-bond donors (Lipinski definition) is 1. The third kappa shape index (κ3) is 3.35. The second kappa shape index (κ2) is 6.44. The van der Waals surface area contributed by atoms with Gasteiger partial charge in [-0.3, -0.25) is 4.68 Å². The molecule has 3 atom stereocenters. The summed E-state index contributed by atoms with van der Waals surface area (Å²) in [6.07, 6.45) is 6.60. The normalized spacial score (nSPS) is 22.2. The fourth-order valence-corrected chi connectivity index (χ4v) is 3.32. The molecule has 0 spiro atoms. The number of benzene rings is 1. The molecule has 0 saturated heterocycles. The zero-order valence-corrected chi connectivity index (χ0v) is 13.0. The van der Waals surface area contributed by atoms with Crippen molar-refractivity contribution < 1.29 is 0 Å². The van der Waals surface area contributed by atoms with Gasteiger partial charge < -0.3 is 5.32 Å². The van der Waals surface area contributed by atoms with E-state index in [1.54, 1.807) is 0 Å². The largest absolute Gasteiger partial charge is 0.314 e. The minimum absolute atomic E-state index is 0.565. The minimum atomic E-state index is 0.565. The van der Waals surface area contributed by atoms with Gasteiger partial charge >= 0.3 is 0 Å². The third-order valence-corrected chi connectivity index (χ3v) is 4.52. The predicted octanol–water partition coefficient (Wildman–Crippen LogP) is 3.23. The maximum absolute atomic E-state index is 4.39. The minimum Gasteiger partial charge on any atom is -0.314 e. The van der Waals surface area contributed by atoms with E-state index in [0.717, 1.165) is 31.3 Å². The van der Waals surface area contributed by atoms with Crippen LogP contribution >= 0.6 is 0 Å². The number of aryl methyl sites for hydroxylation is 1. The Balaban J connectivity index is 1.65. The van der Waals surface area contributed by atoms with Crippen molar-refractivity contribution >= 4 is 0 Å². The lowest BCUT2D eigenvalue weighted by molar-refractivity contribution is 0.464. The number of nitrogens with zero attached hydrogens (tertiary/aromatic N) is 2. The van der Waals surface area contributed by atoms with Crippen LogP contribution in [-0.2, 0) is 13.0 Å². The van der Waals surface area contributed by atoms with Crippen LogP contribution in [-0.4, -0.2) is 22.4 Å². The first kappa shape index (κ1) is 14.3. The topological polar surface area (TPSA) is 29.9 Å². The van der Waals surface area contributed by atoms with Crippen LogP contribution in [0.5, 0.6) is 0 Å². The molecule has 1 aromatic heterocycles. The number of likely N-dealkylation sites (N-methyl/N-ethyl adjacent to an activating group) is 1. The van der Waals surface area contributed by atoms with Crippen LogP contribution in [0.4, 0.5) is 0 Å². The second-order valence-corrected chi connectivity index (χ2v) is 5.99. The fraction of sp³-hybridized carbons (Fsp3) is 0.500. The Kier molecular flexibility index (Phi) is 4.39. The monoisotopic (exact) mass is 283 g/mol. The summed E-state index contributed by atoms with van der Waals surface area (Å²) in [4.78, 5) is 0. The van der Waals surface area contributed by atoms with Crippen molar-refractivity contribution in [1.82, 2.24) is 15.1 Å². The van der Waals surface area contributed by atoms with Gasteiger partial charge in [-0.2, -0.15) is 5.10 Å². The summed E-state index contributed by atoms with van der Waals surface area (Å²) in [5.41, 5.74) is 2.84. The zero-order valence-electron chi connectivity index (χ0n) is 13.0. The van der Waals surface area contributed by atoms with E-state index in [1.165, 1.54) is 17.5 Å². The molecule has 1 aromatic carbocycles. The first-order valence-electron chi connectivity index (χ1n) is 8.11. The molecule has 0 radical (unpaired) electrons. The molecule has 1 saturated carbocycles. The summed E-state index contributed by atoms with van der Waals surface area (Å²) < 4.78 is 2.01. The van der Waals surface area contributed by atoms with Crippen molar-refractivity contribution in [2.24, 2.45) is 5.92 Å². The quantitative estimate of drug-likeness (QED) is 0.845. The van der Waals surface area contributed by atoms with Crippen LogP contribution in [0, 0.1) is 5.92 Å². The third-order valence-electron chi connectivity index (χ3n) is 4.52. The number of aromatic nitrogens is 2. The summed E-state index contributed by atoms with van der Waals surface area (Å²) in [6, 6.07) is 11.5. The van der Waals surface area contributed by atoms with Gasteiger partial charge in [0.25, 0.3) is 0 Å². The number of hydrogen-bond acceptors (Lipinski definition) is 2. The van der Waals surface area contributed by atoms with Gasteiger partial charge in [-0.25, -0.2) is 0 Å². The molecule has 0 amide bonds. The van der Waals surface area contributed by atoms with Crippen LogP contribution < -0.4 is 5.32 Å². The average Bonchev–Trinajstić information content (AvgIpc) is 3.20. The Labute approximate surface area is 127 Å². The van der Waals surface area contributed by atoms with E-state index in [4.69, 9.17) is 0 Å². The van der Waals surface area contributed by atoms with Gasteiger partial charge in [-0.15, -0.1) is 0 Å². The maximum Gasteiger partial charge on any atom is 0.0522 e. The van der Waals surface area contributed by atoms with Crippen molar-refractivity contribution in [1.29, 1.82) is 0 Å². The van der Waals surface area contributed by atoms with E-state index in [9.17, 15) is 0 Å². The van der Waals surface area contributed by atoms with Crippen LogP contribution in [0.25, 0.3) is 0 Å². The molecule has 1 fully saturated rings. The van der Waals surface area contributed by atoms with Gasteiger partial charge in [0.15, 0.2) is 0 Å². The highest BCUT2D eigenvalue weighted by Crippen LogP contribution is 2.50. The summed E-state index contributed by atoms with van der Waals surface area (Å²) in [7, 11) is 0. The zero-order chi connectivity index (χ0) is 14.7. The van der Waals surface area contributed by atoms with Crippen LogP contribution in [0.15, 0.2) is 42.7 Å². The fourth-order valence-electron chi connectivity index (χ4n) is 3.32. The van der Waals surface area contributed by atoms with Gasteiger partial charge in [0.05, 0.1) is 6.20 Å². The molecule has 1 aliphatic rings. The predicted molar refractivity (Wildman–Crippen MR) is 86.4 cm³/mol. The van der Waals surface area contributed by atoms with Crippen molar-refractivity contribution in [3.05, 3.63) is 53.9 Å². The molecule has 112 valence electrons. The van der Waals surface area contributed by atoms with Gasteiger partial charge in [0, 0.05) is 18.8 Å². The summed E-state index contributed by atoms with van der Waals surface area (Å²) in [5, 5.41) is 8.08. The number of rotatable bonds is 7. The Hall–Kier alpha value is -1.61. The molecular formula is C18H25N3. The molecule has 1 N–H and O–H groups in total. The molecule has 3 unspecified atom stereocenters. The average molecular weight is 283 g/mol. The lowest BCUT2D eigenvalue weighted by atomic mass is 10.0. The Bertz CT molecular complexity index is 561. The number of nitrogens with one attached hydrogen (secondary N) is 1. The molecular weight excluding hydrogens is 258 g/mol. The van der Waals surface area contributed by atoms with E-state index in [0.29, 0.717) is 6.04 Å². The van der Waals surface area contributed by atoms with E-state index < -0.39 is 0 Å². The molecule has 2 aromatic rings. The van der Waals surface area contributed by atoms with Crippen LogP contribution in [0.1, 0.15) is 37.3 Å². The van der Waals surface area contributed by atoms with Gasteiger partial charge in [-0.1, -0.05) is 37.3 Å². The van der Waals surface area contributed by atoms with Crippen molar-refractivity contribution in [2.75, 3.05) is 6.54 Å². The molecule has 3 rings (SSSR count). The molecule has 1 heterocycles. The highest BCUT2D eigenvalue weighted by molar-refractivity contribution is 5.27. The lowest BCUT2D eigenvalue weighted by Crippen LogP contribution is -2.33. The Morgan fingerprint density at radius 1 is 1.29 bits per heavy atom. The Morgan fingerprint density at radius 3 is 2.76 bits per heavy atom. The SMILES string of the molecule is CCNC(Cc1cnn(CC)c1)C1CC1c1ccccc1. The Morgan fingerprint density at radius 2 is 2.10 bits per heavy atom. The second-order valence-electron chi connectivity index (χ2n) is 5.99. The van der Waals surface area contributed by atoms with Crippen molar-refractivity contribution in [3.8, 4) is 0 Å². The van der Waals surface area contributed by atoms with E-state index in [-0.39, 0.29) is 0 Å². The smallest absolute Gasteiger partial charge is 0.0522 e. The van der Waals surface area contributed by atoms with E-state index in [2.05, 4.69) is 60.8 Å². The highest BCUT2D eigenvalue weighted by Gasteiger charge is 2.43. The van der Waals surface area contributed by atoms with E-state index >= 15 is 0 Å². The first-order chi connectivity index (χ1) is 10.3. The van der Waals surface area contributed by atoms with Crippen molar-refractivity contribution in [2.45, 2.75) is 45.2 Å². The molecule has 1 aliphatic carbocycles.